The van der Waals surface area contributed by atoms with Gasteiger partial charge in [0.25, 0.3) is 0 Å². The van der Waals surface area contributed by atoms with Crippen molar-refractivity contribution in [2.45, 2.75) is 39.2 Å². The van der Waals surface area contributed by atoms with Crippen molar-refractivity contribution in [1.82, 2.24) is 14.9 Å². The van der Waals surface area contributed by atoms with Crippen molar-refractivity contribution in [1.29, 1.82) is 0 Å². The summed E-state index contributed by atoms with van der Waals surface area (Å²) >= 11 is 0. The molecule has 0 saturated carbocycles. The molecule has 21 heavy (non-hydrogen) atoms. The molecule has 4 nitrogen and oxygen atoms in total. The molecule has 1 atom stereocenters. The van der Waals surface area contributed by atoms with Crippen LogP contribution in [0.2, 0.25) is 0 Å². The number of hydrogen-bond acceptors (Lipinski definition) is 3. The molecule has 3 rings (SSSR count). The molecule has 4 heteroatoms. The first kappa shape index (κ1) is 14.5. The summed E-state index contributed by atoms with van der Waals surface area (Å²) in [5.74, 6) is 0. The molecule has 2 aromatic heterocycles. The second-order valence-electron chi connectivity index (χ2n) is 6.44. The van der Waals surface area contributed by atoms with Gasteiger partial charge in [-0.3, -0.25) is 4.90 Å². The Bertz CT molecular complexity index is 590. The molecule has 0 unspecified atom stereocenters. The highest BCUT2D eigenvalue weighted by Crippen LogP contribution is 2.34. The van der Waals surface area contributed by atoms with Crippen LogP contribution < -0.4 is 0 Å². The average molecular weight is 287 g/mol. The van der Waals surface area contributed by atoms with Crippen LogP contribution in [0.4, 0.5) is 0 Å². The Kier molecular flexibility index (Phi) is 4.27. The maximum atomic E-state index is 9.82. The molecule has 1 aliphatic heterocycles. The monoisotopic (exact) mass is 287 g/mol. The van der Waals surface area contributed by atoms with Gasteiger partial charge in [0.05, 0.1) is 5.69 Å². The van der Waals surface area contributed by atoms with Gasteiger partial charge in [-0.15, -0.1) is 0 Å². The first-order valence-corrected chi connectivity index (χ1v) is 8.01. The summed E-state index contributed by atoms with van der Waals surface area (Å²) in [5.41, 5.74) is 2.17. The van der Waals surface area contributed by atoms with Crippen LogP contribution in [0.25, 0.3) is 11.0 Å². The van der Waals surface area contributed by atoms with Gasteiger partial charge in [0.1, 0.15) is 5.65 Å². The third-order valence-electron chi connectivity index (χ3n) is 4.71. The number of fused-ring (bicyclic) bond motifs is 1. The summed E-state index contributed by atoms with van der Waals surface area (Å²) in [5, 5.41) is 11.0. The van der Waals surface area contributed by atoms with E-state index >= 15 is 0 Å². The van der Waals surface area contributed by atoms with Gasteiger partial charge < -0.3 is 10.1 Å². The molecule has 2 aromatic rings. The molecule has 1 saturated heterocycles. The fourth-order valence-corrected chi connectivity index (χ4v) is 3.68. The zero-order chi connectivity index (χ0) is 14.7. The summed E-state index contributed by atoms with van der Waals surface area (Å²) in [6.45, 7) is 5.48. The van der Waals surface area contributed by atoms with E-state index in [1.54, 1.807) is 0 Å². The summed E-state index contributed by atoms with van der Waals surface area (Å²) in [6, 6.07) is 6.29. The van der Waals surface area contributed by atoms with Gasteiger partial charge in [-0.2, -0.15) is 0 Å². The van der Waals surface area contributed by atoms with Crippen molar-refractivity contribution in [3.05, 3.63) is 30.1 Å². The normalized spacial score (nSPS) is 23.7. The van der Waals surface area contributed by atoms with Crippen LogP contribution in [0.5, 0.6) is 0 Å². The highest BCUT2D eigenvalue weighted by atomic mass is 16.3. The van der Waals surface area contributed by atoms with Crippen LogP contribution in [0.3, 0.4) is 0 Å². The van der Waals surface area contributed by atoms with E-state index in [0.29, 0.717) is 6.61 Å². The second kappa shape index (κ2) is 6.16. The largest absolute Gasteiger partial charge is 0.396 e. The molecule has 0 radical (unpaired) electrons. The van der Waals surface area contributed by atoms with Gasteiger partial charge in [-0.25, -0.2) is 4.98 Å². The average Bonchev–Trinajstić information content (AvgIpc) is 2.95. The minimum atomic E-state index is 0.101. The Morgan fingerprint density at radius 3 is 3.10 bits per heavy atom. The number of rotatable bonds is 5. The van der Waals surface area contributed by atoms with Gasteiger partial charge >= 0.3 is 0 Å². The Morgan fingerprint density at radius 2 is 2.29 bits per heavy atom. The van der Waals surface area contributed by atoms with Gasteiger partial charge in [0.15, 0.2) is 0 Å². The standard InChI is InChI=1S/C17H25N3O/c1-2-7-17(13-21)8-3-10-20(12-17)11-15-5-4-14-6-9-18-16(14)19-15/h4-6,9,21H,2-3,7-8,10-13H2,1H3,(H,18,19)/t17-/m0/s1. The molecule has 0 spiro atoms. The maximum Gasteiger partial charge on any atom is 0.137 e. The second-order valence-corrected chi connectivity index (χ2v) is 6.44. The molecule has 0 bridgehead atoms. The Morgan fingerprint density at radius 1 is 1.38 bits per heavy atom. The molecular weight excluding hydrogens is 262 g/mol. The number of piperidine rings is 1. The Labute approximate surface area is 126 Å². The van der Waals surface area contributed by atoms with Crippen molar-refractivity contribution >= 4 is 11.0 Å². The van der Waals surface area contributed by atoms with E-state index in [9.17, 15) is 5.11 Å². The zero-order valence-electron chi connectivity index (χ0n) is 12.8. The van der Waals surface area contributed by atoms with Gasteiger partial charge in [0.2, 0.25) is 0 Å². The van der Waals surface area contributed by atoms with Crippen LogP contribution >= 0.6 is 0 Å². The van der Waals surface area contributed by atoms with Crippen molar-refractivity contribution < 1.29 is 5.11 Å². The van der Waals surface area contributed by atoms with E-state index in [1.807, 2.05) is 12.3 Å². The van der Waals surface area contributed by atoms with Crippen LogP contribution in [0.1, 0.15) is 38.3 Å². The Balaban J connectivity index is 1.71. The molecule has 0 amide bonds. The number of aliphatic hydroxyl groups excluding tert-OH is 1. The van der Waals surface area contributed by atoms with E-state index in [4.69, 9.17) is 0 Å². The first-order chi connectivity index (χ1) is 10.2. The van der Waals surface area contributed by atoms with E-state index in [1.165, 1.54) is 6.42 Å². The van der Waals surface area contributed by atoms with Gasteiger partial charge in [0, 0.05) is 36.7 Å². The molecular formula is C17H25N3O. The number of aromatic nitrogens is 2. The van der Waals surface area contributed by atoms with E-state index in [2.05, 4.69) is 33.9 Å². The fraction of sp³-hybridized carbons (Fsp3) is 0.588. The van der Waals surface area contributed by atoms with Gasteiger partial charge in [-0.05, 0) is 44.0 Å². The predicted octanol–water partition coefficient (Wildman–Crippen LogP) is 2.94. The van der Waals surface area contributed by atoms with Gasteiger partial charge in [-0.1, -0.05) is 13.3 Å². The smallest absolute Gasteiger partial charge is 0.137 e. The van der Waals surface area contributed by atoms with Crippen LogP contribution in [0, 0.1) is 5.41 Å². The number of hydrogen-bond donors (Lipinski definition) is 2. The first-order valence-electron chi connectivity index (χ1n) is 8.01. The lowest BCUT2D eigenvalue weighted by molar-refractivity contribution is 0.0212. The molecule has 1 fully saturated rings. The maximum absolute atomic E-state index is 9.82. The van der Waals surface area contributed by atoms with E-state index < -0.39 is 0 Å². The summed E-state index contributed by atoms with van der Waals surface area (Å²) in [6.07, 6.45) is 6.51. The highest BCUT2D eigenvalue weighted by molar-refractivity contribution is 5.75. The third-order valence-corrected chi connectivity index (χ3v) is 4.71. The lowest BCUT2D eigenvalue weighted by atomic mass is 9.77. The van der Waals surface area contributed by atoms with Crippen molar-refractivity contribution in [3.8, 4) is 0 Å². The summed E-state index contributed by atoms with van der Waals surface area (Å²) in [7, 11) is 0. The minimum absolute atomic E-state index is 0.101. The number of aromatic amines is 1. The van der Waals surface area contributed by atoms with Crippen molar-refractivity contribution in [2.24, 2.45) is 5.41 Å². The molecule has 114 valence electrons. The number of nitrogens with zero attached hydrogens (tertiary/aromatic N) is 2. The lowest BCUT2D eigenvalue weighted by Gasteiger charge is -2.41. The molecule has 0 aromatic carbocycles. The van der Waals surface area contributed by atoms with Crippen molar-refractivity contribution in [2.75, 3.05) is 19.7 Å². The lowest BCUT2D eigenvalue weighted by Crippen LogP contribution is -2.45. The topological polar surface area (TPSA) is 52.1 Å². The molecule has 0 aliphatic carbocycles. The minimum Gasteiger partial charge on any atom is -0.396 e. The molecule has 1 aliphatic rings. The number of nitrogens with one attached hydrogen (secondary N) is 1. The predicted molar refractivity (Wildman–Crippen MR) is 85.0 cm³/mol. The van der Waals surface area contributed by atoms with Crippen LogP contribution in [-0.4, -0.2) is 39.7 Å². The SMILES string of the molecule is CCC[C@]1(CO)CCCN(Cc2ccc3cc[nH]c3n2)C1. The number of pyridine rings is 1. The molecule has 2 N–H and O–H groups in total. The van der Waals surface area contributed by atoms with E-state index in [0.717, 1.165) is 55.6 Å². The van der Waals surface area contributed by atoms with Crippen LogP contribution in [-0.2, 0) is 6.54 Å². The highest BCUT2D eigenvalue weighted by Gasteiger charge is 2.34. The number of aliphatic hydroxyl groups is 1. The number of likely N-dealkylation sites (tertiary alicyclic amines) is 1. The third kappa shape index (κ3) is 3.11. The fourth-order valence-electron chi connectivity index (χ4n) is 3.68. The molecule has 3 heterocycles. The van der Waals surface area contributed by atoms with Crippen LogP contribution in [0.15, 0.2) is 24.4 Å². The quantitative estimate of drug-likeness (QED) is 0.889. The van der Waals surface area contributed by atoms with Crippen molar-refractivity contribution in [3.63, 3.8) is 0 Å². The Hall–Kier alpha value is -1.39. The van der Waals surface area contributed by atoms with E-state index in [-0.39, 0.29) is 5.41 Å². The summed E-state index contributed by atoms with van der Waals surface area (Å²) in [4.78, 5) is 10.3. The number of H-pyrrole nitrogens is 1. The summed E-state index contributed by atoms with van der Waals surface area (Å²) < 4.78 is 0. The zero-order valence-corrected chi connectivity index (χ0v) is 12.8.